The fourth-order valence-corrected chi connectivity index (χ4v) is 4.58. The highest BCUT2D eigenvalue weighted by molar-refractivity contribution is 5.16. The third-order valence-electron chi connectivity index (χ3n) is 6.55. The number of nitrogens with zero attached hydrogens (tertiary/aromatic N) is 2. The molecule has 3 heteroatoms. The second kappa shape index (κ2) is 5.12. The molecule has 21 heavy (non-hydrogen) atoms. The minimum atomic E-state index is -0.273. The Kier molecular flexibility index (Phi) is 3.67. The van der Waals surface area contributed by atoms with Crippen molar-refractivity contribution >= 4 is 0 Å². The maximum absolute atomic E-state index is 10.6. The van der Waals surface area contributed by atoms with Crippen LogP contribution in [-0.4, -0.2) is 21.0 Å². The molecule has 0 aliphatic heterocycles. The first kappa shape index (κ1) is 15.1. The lowest BCUT2D eigenvalue weighted by molar-refractivity contribution is 0.128. The second-order valence-corrected chi connectivity index (χ2v) is 8.27. The molecule has 2 aliphatic rings. The summed E-state index contributed by atoms with van der Waals surface area (Å²) in [7, 11) is 0. The normalized spacial score (nSPS) is 26.7. The summed E-state index contributed by atoms with van der Waals surface area (Å²) in [5, 5.41) is 15.3. The minimum Gasteiger partial charge on any atom is -0.392 e. The van der Waals surface area contributed by atoms with Crippen LogP contribution in [0, 0.1) is 16.7 Å². The number of aliphatic hydroxyl groups is 1. The molecule has 1 N–H and O–H groups in total. The van der Waals surface area contributed by atoms with E-state index in [-0.39, 0.29) is 16.9 Å². The molecule has 2 fully saturated rings. The molecule has 0 radical (unpaired) electrons. The van der Waals surface area contributed by atoms with E-state index in [4.69, 9.17) is 5.10 Å². The van der Waals surface area contributed by atoms with Crippen molar-refractivity contribution in [2.45, 2.75) is 78.4 Å². The summed E-state index contributed by atoms with van der Waals surface area (Å²) in [5.41, 5.74) is 1.52. The molecule has 3 rings (SSSR count). The molecular formula is C18H30N2O. The van der Waals surface area contributed by atoms with Crippen molar-refractivity contribution in [1.82, 2.24) is 9.78 Å². The molecule has 118 valence electrons. The molecule has 0 bridgehead atoms. The number of hydrogen-bond donors (Lipinski definition) is 1. The Labute approximate surface area is 128 Å². The zero-order chi connectivity index (χ0) is 15.3. The molecule has 0 saturated heterocycles. The Morgan fingerprint density at radius 1 is 1.19 bits per heavy atom. The average Bonchev–Trinajstić information content (AvgIpc) is 2.77. The van der Waals surface area contributed by atoms with Crippen LogP contribution in [0.2, 0.25) is 0 Å². The van der Waals surface area contributed by atoms with Gasteiger partial charge in [-0.2, -0.15) is 5.10 Å². The van der Waals surface area contributed by atoms with Crippen molar-refractivity contribution in [2.24, 2.45) is 16.7 Å². The lowest BCUT2D eigenvalue weighted by atomic mass is 9.96. The minimum absolute atomic E-state index is 0.234. The highest BCUT2D eigenvalue weighted by atomic mass is 16.3. The van der Waals surface area contributed by atoms with Crippen molar-refractivity contribution in [3.63, 3.8) is 0 Å². The molecule has 1 aromatic heterocycles. The van der Waals surface area contributed by atoms with Crippen LogP contribution in [0.1, 0.15) is 71.5 Å². The summed E-state index contributed by atoms with van der Waals surface area (Å²) in [6, 6.07) is 2.68. The molecular weight excluding hydrogens is 260 g/mol. The summed E-state index contributed by atoms with van der Waals surface area (Å²) in [6.07, 6.45) is 9.07. The Morgan fingerprint density at radius 3 is 2.38 bits per heavy atom. The summed E-state index contributed by atoms with van der Waals surface area (Å²) in [4.78, 5) is 0. The SMILES string of the molecule is CC1(C)C(C(O)Cc2ccn(C3CCCCC3)n2)C1(C)C. The molecule has 3 nitrogen and oxygen atoms in total. The van der Waals surface area contributed by atoms with Gasteiger partial charge in [-0.05, 0) is 35.7 Å². The third-order valence-corrected chi connectivity index (χ3v) is 6.55. The Morgan fingerprint density at radius 2 is 1.81 bits per heavy atom. The van der Waals surface area contributed by atoms with Gasteiger partial charge in [-0.3, -0.25) is 4.68 Å². The van der Waals surface area contributed by atoms with Crippen LogP contribution >= 0.6 is 0 Å². The molecule has 0 amide bonds. The molecule has 1 heterocycles. The van der Waals surface area contributed by atoms with Gasteiger partial charge in [0.2, 0.25) is 0 Å². The van der Waals surface area contributed by atoms with E-state index in [1.165, 1.54) is 32.1 Å². The number of aromatic nitrogens is 2. The van der Waals surface area contributed by atoms with Crippen molar-refractivity contribution in [3.05, 3.63) is 18.0 Å². The standard InChI is InChI=1S/C18H30N2O/c1-17(2)16(18(17,3)4)15(21)12-13-10-11-20(19-13)14-8-6-5-7-9-14/h10-11,14-16,21H,5-9,12H2,1-4H3. The van der Waals surface area contributed by atoms with E-state index in [1.54, 1.807) is 0 Å². The zero-order valence-corrected chi connectivity index (χ0v) is 14.0. The maximum atomic E-state index is 10.6. The fourth-order valence-electron chi connectivity index (χ4n) is 4.58. The van der Waals surface area contributed by atoms with Gasteiger partial charge in [0.1, 0.15) is 0 Å². The van der Waals surface area contributed by atoms with Crippen LogP contribution in [0.5, 0.6) is 0 Å². The number of aliphatic hydroxyl groups excluding tert-OH is 1. The van der Waals surface area contributed by atoms with E-state index < -0.39 is 0 Å². The Hall–Kier alpha value is -0.830. The van der Waals surface area contributed by atoms with Crippen molar-refractivity contribution in [2.75, 3.05) is 0 Å². The average molecular weight is 290 g/mol. The van der Waals surface area contributed by atoms with Gasteiger partial charge in [-0.1, -0.05) is 47.0 Å². The van der Waals surface area contributed by atoms with Crippen molar-refractivity contribution < 1.29 is 5.11 Å². The van der Waals surface area contributed by atoms with Gasteiger partial charge in [0.15, 0.2) is 0 Å². The van der Waals surface area contributed by atoms with E-state index in [9.17, 15) is 5.11 Å². The highest BCUT2D eigenvalue weighted by Gasteiger charge is 2.66. The van der Waals surface area contributed by atoms with Crippen molar-refractivity contribution in [1.29, 1.82) is 0 Å². The number of rotatable bonds is 4. The van der Waals surface area contributed by atoms with Crippen LogP contribution in [-0.2, 0) is 6.42 Å². The second-order valence-electron chi connectivity index (χ2n) is 8.27. The summed E-state index contributed by atoms with van der Waals surface area (Å²) in [6.45, 7) is 9.06. The van der Waals surface area contributed by atoms with Crippen LogP contribution < -0.4 is 0 Å². The van der Waals surface area contributed by atoms with Crippen LogP contribution in [0.4, 0.5) is 0 Å². The third kappa shape index (κ3) is 2.54. The first-order valence-electron chi connectivity index (χ1n) is 8.56. The fraction of sp³-hybridized carbons (Fsp3) is 0.833. The van der Waals surface area contributed by atoms with Crippen LogP contribution in [0.25, 0.3) is 0 Å². The molecule has 1 atom stereocenters. The monoisotopic (exact) mass is 290 g/mol. The van der Waals surface area contributed by atoms with Gasteiger partial charge in [-0.15, -0.1) is 0 Å². The Balaban J connectivity index is 1.62. The van der Waals surface area contributed by atoms with Gasteiger partial charge in [0.25, 0.3) is 0 Å². The van der Waals surface area contributed by atoms with Crippen LogP contribution in [0.3, 0.4) is 0 Å². The molecule has 2 saturated carbocycles. The zero-order valence-electron chi connectivity index (χ0n) is 14.0. The lowest BCUT2D eigenvalue weighted by Crippen LogP contribution is -2.18. The van der Waals surface area contributed by atoms with E-state index >= 15 is 0 Å². The summed E-state index contributed by atoms with van der Waals surface area (Å²) in [5.74, 6) is 0.379. The smallest absolute Gasteiger partial charge is 0.0650 e. The Bertz CT molecular complexity index is 483. The predicted molar refractivity (Wildman–Crippen MR) is 85.1 cm³/mol. The first-order chi connectivity index (χ1) is 9.84. The topological polar surface area (TPSA) is 38.0 Å². The largest absolute Gasteiger partial charge is 0.392 e. The molecule has 0 aromatic carbocycles. The van der Waals surface area contributed by atoms with E-state index in [0.29, 0.717) is 18.4 Å². The predicted octanol–water partition coefficient (Wildman–Crippen LogP) is 3.97. The quantitative estimate of drug-likeness (QED) is 0.911. The van der Waals surface area contributed by atoms with E-state index in [2.05, 4.69) is 44.6 Å². The van der Waals surface area contributed by atoms with Gasteiger partial charge in [0, 0.05) is 12.6 Å². The van der Waals surface area contributed by atoms with E-state index in [1.807, 2.05) is 0 Å². The van der Waals surface area contributed by atoms with Gasteiger partial charge < -0.3 is 5.11 Å². The van der Waals surface area contributed by atoms with Gasteiger partial charge >= 0.3 is 0 Å². The van der Waals surface area contributed by atoms with Gasteiger partial charge in [0.05, 0.1) is 17.8 Å². The highest BCUT2D eigenvalue weighted by Crippen LogP contribution is 2.69. The molecule has 0 spiro atoms. The molecule has 1 unspecified atom stereocenters. The van der Waals surface area contributed by atoms with E-state index in [0.717, 1.165) is 5.69 Å². The van der Waals surface area contributed by atoms with Gasteiger partial charge in [-0.25, -0.2) is 0 Å². The summed E-state index contributed by atoms with van der Waals surface area (Å²) >= 11 is 0. The first-order valence-corrected chi connectivity index (χ1v) is 8.56. The summed E-state index contributed by atoms with van der Waals surface area (Å²) < 4.78 is 2.14. The maximum Gasteiger partial charge on any atom is 0.0650 e. The number of hydrogen-bond acceptors (Lipinski definition) is 2. The lowest BCUT2D eigenvalue weighted by Gasteiger charge is -2.21. The van der Waals surface area contributed by atoms with Crippen LogP contribution in [0.15, 0.2) is 12.3 Å². The molecule has 1 aromatic rings. The molecule has 2 aliphatic carbocycles. The van der Waals surface area contributed by atoms with Crippen molar-refractivity contribution in [3.8, 4) is 0 Å².